The van der Waals surface area contributed by atoms with E-state index >= 15 is 0 Å². The normalized spacial score (nSPS) is 11.1. The number of benzene rings is 1. The van der Waals surface area contributed by atoms with Crippen LogP contribution < -0.4 is 0 Å². The fourth-order valence-corrected chi connectivity index (χ4v) is 3.50. The Morgan fingerprint density at radius 3 is 2.52 bits per heavy atom. The molecule has 0 aliphatic carbocycles. The summed E-state index contributed by atoms with van der Waals surface area (Å²) in [6.07, 6.45) is 2.57. The van der Waals surface area contributed by atoms with Gasteiger partial charge in [-0.15, -0.1) is 0 Å². The van der Waals surface area contributed by atoms with Crippen molar-refractivity contribution in [2.24, 2.45) is 0 Å². The minimum absolute atomic E-state index is 0.775. The van der Waals surface area contributed by atoms with E-state index in [2.05, 4.69) is 22.2 Å². The van der Waals surface area contributed by atoms with Crippen molar-refractivity contribution in [3.63, 3.8) is 0 Å². The third-order valence-electron chi connectivity index (χ3n) is 4.41. The summed E-state index contributed by atoms with van der Waals surface area (Å²) in [6.45, 7) is 4.05. The Hall–Kier alpha value is -2.79. The van der Waals surface area contributed by atoms with E-state index in [1.54, 1.807) is 6.20 Å². The molecule has 4 aromatic rings. The van der Waals surface area contributed by atoms with Crippen LogP contribution in [0.4, 0.5) is 0 Å². The fraction of sp³-hybridized carbons (Fsp3) is 0.150. The fourth-order valence-electron chi connectivity index (χ4n) is 3.15. The number of aryl methyl sites for hydroxylation is 2. The first-order valence-corrected chi connectivity index (χ1v) is 8.62. The van der Waals surface area contributed by atoms with E-state index in [0.717, 1.165) is 44.9 Å². The molecule has 0 aliphatic rings. The van der Waals surface area contributed by atoms with Crippen molar-refractivity contribution in [3.8, 4) is 11.3 Å². The Labute approximate surface area is 151 Å². The third-order valence-corrected chi connectivity index (χ3v) is 4.84. The van der Waals surface area contributed by atoms with Crippen LogP contribution in [0.25, 0.3) is 16.9 Å². The lowest BCUT2D eigenvalue weighted by atomic mass is 10.1. The van der Waals surface area contributed by atoms with Gasteiger partial charge < -0.3 is 0 Å². The molecular weight excluding hydrogens is 328 g/mol. The average Bonchev–Trinajstić information content (AvgIpc) is 2.96. The number of fused-ring (bicyclic) bond motifs is 1. The molecule has 0 atom stereocenters. The van der Waals surface area contributed by atoms with E-state index < -0.39 is 0 Å². The van der Waals surface area contributed by atoms with Gasteiger partial charge in [-0.3, -0.25) is 10.1 Å². The number of rotatable bonds is 3. The number of nitrogens with zero attached hydrogens (tertiary/aromatic N) is 3. The topological polar surface area (TPSA) is 46.0 Å². The molecule has 4 rings (SSSR count). The highest BCUT2D eigenvalue weighted by Gasteiger charge is 2.16. The molecule has 25 heavy (non-hydrogen) atoms. The molecule has 0 spiro atoms. The molecule has 0 saturated carbocycles. The molecular formula is C20H18N4S. The van der Waals surface area contributed by atoms with Crippen LogP contribution in [0.2, 0.25) is 0 Å². The zero-order chi connectivity index (χ0) is 17.4. The second-order valence-corrected chi connectivity index (χ2v) is 6.52. The molecule has 3 aromatic heterocycles. The lowest BCUT2D eigenvalue weighted by Crippen LogP contribution is -2.03. The summed E-state index contributed by atoms with van der Waals surface area (Å²) in [7, 11) is 0. The maximum absolute atomic E-state index is 5.77. The molecule has 0 fully saturated rings. The Morgan fingerprint density at radius 2 is 1.80 bits per heavy atom. The first-order chi connectivity index (χ1) is 12.1. The number of pyridine rings is 1. The molecule has 3 heterocycles. The van der Waals surface area contributed by atoms with Gasteiger partial charge in [0.2, 0.25) is 0 Å². The lowest BCUT2D eigenvalue weighted by Gasteiger charge is -2.08. The van der Waals surface area contributed by atoms with Gasteiger partial charge in [0, 0.05) is 29.6 Å². The zero-order valence-corrected chi connectivity index (χ0v) is 15.0. The molecule has 1 aromatic carbocycles. The van der Waals surface area contributed by atoms with Crippen LogP contribution in [0.15, 0.2) is 54.7 Å². The minimum atomic E-state index is 0.775. The van der Waals surface area contributed by atoms with E-state index in [4.69, 9.17) is 17.2 Å². The number of H-pyrrole nitrogens is 1. The number of hydrogen-bond donors (Lipinski definition) is 1. The van der Waals surface area contributed by atoms with Gasteiger partial charge in [-0.2, -0.15) is 0 Å². The Kier molecular flexibility index (Phi) is 3.93. The molecule has 0 radical (unpaired) electrons. The molecule has 0 bridgehead atoms. The van der Waals surface area contributed by atoms with Crippen LogP contribution >= 0.6 is 12.2 Å². The van der Waals surface area contributed by atoms with E-state index in [1.165, 1.54) is 5.56 Å². The molecule has 0 aliphatic heterocycles. The quantitative estimate of drug-likeness (QED) is 0.549. The van der Waals surface area contributed by atoms with Gasteiger partial charge in [0.05, 0.1) is 11.3 Å². The molecule has 0 unspecified atom stereocenters. The Bertz CT molecular complexity index is 1100. The maximum Gasteiger partial charge on any atom is 0.164 e. The monoisotopic (exact) mass is 346 g/mol. The standard InChI is InChI=1S/C20H18N4S/c1-13-16(12-15-8-4-3-5-9-15)20(25)24-19(22-13)18(14(2)23-24)17-10-6-7-11-21-17/h3-11,23H,12H2,1-2H3. The maximum atomic E-state index is 5.77. The van der Waals surface area contributed by atoms with Gasteiger partial charge in [-0.1, -0.05) is 48.6 Å². The van der Waals surface area contributed by atoms with Gasteiger partial charge in [0.25, 0.3) is 0 Å². The SMILES string of the molecule is Cc1nc2c(-c3ccccn3)c(C)[nH]n2c(=S)c1Cc1ccccc1. The summed E-state index contributed by atoms with van der Waals surface area (Å²) in [5.41, 5.74) is 7.00. The summed E-state index contributed by atoms with van der Waals surface area (Å²) >= 11 is 5.77. The number of aromatic amines is 1. The van der Waals surface area contributed by atoms with E-state index in [-0.39, 0.29) is 0 Å². The first kappa shape index (κ1) is 15.7. The molecule has 4 nitrogen and oxygen atoms in total. The highest BCUT2D eigenvalue weighted by atomic mass is 32.1. The van der Waals surface area contributed by atoms with Crippen molar-refractivity contribution < 1.29 is 0 Å². The van der Waals surface area contributed by atoms with Crippen LogP contribution in [0.1, 0.15) is 22.5 Å². The van der Waals surface area contributed by atoms with Gasteiger partial charge in [0.15, 0.2) is 5.65 Å². The average molecular weight is 346 g/mol. The predicted octanol–water partition coefficient (Wildman–Crippen LogP) is 4.66. The number of aromatic nitrogens is 4. The lowest BCUT2D eigenvalue weighted by molar-refractivity contribution is 0.871. The predicted molar refractivity (Wildman–Crippen MR) is 102 cm³/mol. The zero-order valence-electron chi connectivity index (χ0n) is 14.2. The highest BCUT2D eigenvalue weighted by molar-refractivity contribution is 7.71. The summed E-state index contributed by atoms with van der Waals surface area (Å²) in [5, 5.41) is 3.36. The molecule has 124 valence electrons. The van der Waals surface area contributed by atoms with Gasteiger partial charge in [-0.25, -0.2) is 9.50 Å². The second-order valence-electron chi connectivity index (χ2n) is 6.13. The van der Waals surface area contributed by atoms with Gasteiger partial charge in [0.1, 0.15) is 4.64 Å². The van der Waals surface area contributed by atoms with Gasteiger partial charge >= 0.3 is 0 Å². The Morgan fingerprint density at radius 1 is 1.04 bits per heavy atom. The summed E-state index contributed by atoms with van der Waals surface area (Å²) < 4.78 is 2.68. The molecule has 0 amide bonds. The van der Waals surface area contributed by atoms with E-state index in [0.29, 0.717) is 0 Å². The molecule has 0 saturated heterocycles. The third kappa shape index (κ3) is 2.76. The van der Waals surface area contributed by atoms with Crippen LogP contribution in [-0.4, -0.2) is 19.6 Å². The molecule has 5 heteroatoms. The highest BCUT2D eigenvalue weighted by Crippen LogP contribution is 2.27. The van der Waals surface area contributed by atoms with Crippen molar-refractivity contribution >= 4 is 17.9 Å². The molecule has 1 N–H and O–H groups in total. The van der Waals surface area contributed by atoms with Crippen molar-refractivity contribution in [2.45, 2.75) is 20.3 Å². The van der Waals surface area contributed by atoms with Crippen LogP contribution in [0.5, 0.6) is 0 Å². The summed E-state index contributed by atoms with van der Waals surface area (Å²) in [4.78, 5) is 9.33. The minimum Gasteiger partial charge on any atom is -0.295 e. The van der Waals surface area contributed by atoms with Crippen LogP contribution in [0, 0.1) is 18.5 Å². The van der Waals surface area contributed by atoms with Gasteiger partial charge in [-0.05, 0) is 31.5 Å². The number of hydrogen-bond acceptors (Lipinski definition) is 3. The van der Waals surface area contributed by atoms with Crippen molar-refractivity contribution in [3.05, 3.63) is 81.9 Å². The van der Waals surface area contributed by atoms with Crippen molar-refractivity contribution in [2.75, 3.05) is 0 Å². The Balaban J connectivity index is 1.91. The van der Waals surface area contributed by atoms with Crippen LogP contribution in [0.3, 0.4) is 0 Å². The van der Waals surface area contributed by atoms with E-state index in [9.17, 15) is 0 Å². The summed E-state index contributed by atoms with van der Waals surface area (Å²) in [5.74, 6) is 0. The van der Waals surface area contributed by atoms with E-state index in [1.807, 2.05) is 54.8 Å². The summed E-state index contributed by atoms with van der Waals surface area (Å²) in [6, 6.07) is 16.2. The van der Waals surface area contributed by atoms with Crippen molar-refractivity contribution in [1.29, 1.82) is 0 Å². The van der Waals surface area contributed by atoms with Crippen LogP contribution in [-0.2, 0) is 6.42 Å². The second kappa shape index (κ2) is 6.26. The first-order valence-electron chi connectivity index (χ1n) is 8.21. The largest absolute Gasteiger partial charge is 0.295 e. The smallest absolute Gasteiger partial charge is 0.164 e. The number of nitrogens with one attached hydrogen (secondary N) is 1. The van der Waals surface area contributed by atoms with Crippen molar-refractivity contribution in [1.82, 2.24) is 19.6 Å².